The van der Waals surface area contributed by atoms with Crippen LogP contribution in [0.5, 0.6) is 0 Å². The van der Waals surface area contributed by atoms with Crippen molar-refractivity contribution in [1.82, 2.24) is 29.9 Å². The molecule has 0 radical (unpaired) electrons. The highest BCUT2D eigenvalue weighted by Crippen LogP contribution is 2.43. The summed E-state index contributed by atoms with van der Waals surface area (Å²) in [6.07, 6.45) is 10.3. The third-order valence-electron chi connectivity index (χ3n) is 9.04. The second kappa shape index (κ2) is 11.3. The minimum atomic E-state index is 0.0739. The monoisotopic (exact) mass is 506 g/mol. The lowest BCUT2D eigenvalue weighted by atomic mass is 9.69. The third kappa shape index (κ3) is 5.31. The minimum Gasteiger partial charge on any atom is -0.352 e. The van der Waals surface area contributed by atoms with Crippen molar-refractivity contribution in [3.05, 3.63) is 47.0 Å². The zero-order valence-electron chi connectivity index (χ0n) is 22.7. The third-order valence-corrected chi connectivity index (χ3v) is 9.04. The zero-order valence-corrected chi connectivity index (χ0v) is 22.7. The number of nitrogens with one attached hydrogen (secondary N) is 1. The molecule has 8 heteroatoms. The molecule has 0 aromatic carbocycles. The Bertz CT molecular complexity index is 1100. The lowest BCUT2D eigenvalue weighted by molar-refractivity contribution is -0.121. The Kier molecular flexibility index (Phi) is 7.93. The first-order chi connectivity index (χ1) is 18.0. The van der Waals surface area contributed by atoms with Crippen LogP contribution in [0.4, 0.5) is 0 Å². The van der Waals surface area contributed by atoms with E-state index in [2.05, 4.69) is 39.0 Å². The van der Waals surface area contributed by atoms with Crippen molar-refractivity contribution in [2.45, 2.75) is 90.9 Å². The standard InChI is InChI=1S/C29H42N6O2/c1-4-35-21(3)25(20(2)32-35)18-31-27(36)13-5-12-26-24-11-8-16-33-15-7-10-23(28(24)33)19-34(26)29(37)22-9-6-14-30-17-22/h6,9,14,17,23-24,26,28H,4-5,7-8,10-13,15-16,18-19H2,1-3H3,(H,31,36)/t23-,24+,26+,28-/m0/s1. The van der Waals surface area contributed by atoms with E-state index in [-0.39, 0.29) is 17.9 Å². The smallest absolute Gasteiger partial charge is 0.255 e. The van der Waals surface area contributed by atoms with Gasteiger partial charge >= 0.3 is 0 Å². The van der Waals surface area contributed by atoms with E-state index in [9.17, 15) is 9.59 Å². The summed E-state index contributed by atoms with van der Waals surface area (Å²) in [6.45, 7) is 10.7. The number of rotatable bonds is 8. The molecule has 0 bridgehead atoms. The average molecular weight is 507 g/mol. The van der Waals surface area contributed by atoms with Gasteiger partial charge in [0, 0.05) is 61.8 Å². The van der Waals surface area contributed by atoms with Gasteiger partial charge in [-0.2, -0.15) is 5.10 Å². The molecule has 5 rings (SSSR count). The molecule has 4 atom stereocenters. The van der Waals surface area contributed by atoms with Crippen molar-refractivity contribution >= 4 is 11.8 Å². The maximum absolute atomic E-state index is 13.7. The van der Waals surface area contributed by atoms with Crippen molar-refractivity contribution in [2.24, 2.45) is 11.8 Å². The predicted molar refractivity (Wildman–Crippen MR) is 143 cm³/mol. The van der Waals surface area contributed by atoms with Crippen LogP contribution >= 0.6 is 0 Å². The van der Waals surface area contributed by atoms with Gasteiger partial charge in [0.25, 0.3) is 5.91 Å². The van der Waals surface area contributed by atoms with Gasteiger partial charge in [0.2, 0.25) is 5.91 Å². The molecule has 3 saturated heterocycles. The van der Waals surface area contributed by atoms with E-state index >= 15 is 0 Å². The first-order valence-corrected chi connectivity index (χ1v) is 14.2. The van der Waals surface area contributed by atoms with Crippen LogP contribution < -0.4 is 5.32 Å². The number of carbonyl (C=O) groups excluding carboxylic acids is 2. The van der Waals surface area contributed by atoms with Gasteiger partial charge in [0.1, 0.15) is 0 Å². The lowest BCUT2D eigenvalue weighted by Crippen LogP contribution is -2.65. The number of carbonyl (C=O) groups is 2. The van der Waals surface area contributed by atoms with Gasteiger partial charge in [-0.25, -0.2) is 0 Å². The topological polar surface area (TPSA) is 83.4 Å². The van der Waals surface area contributed by atoms with E-state index in [4.69, 9.17) is 0 Å². The fourth-order valence-electron chi connectivity index (χ4n) is 7.30. The molecule has 0 spiro atoms. The number of nitrogens with zero attached hydrogens (tertiary/aromatic N) is 5. The molecule has 2 amide bonds. The molecule has 1 N–H and O–H groups in total. The first-order valence-electron chi connectivity index (χ1n) is 14.2. The lowest BCUT2D eigenvalue weighted by Gasteiger charge is -2.57. The largest absolute Gasteiger partial charge is 0.352 e. The van der Waals surface area contributed by atoms with Crippen LogP contribution in [0.15, 0.2) is 24.5 Å². The van der Waals surface area contributed by atoms with Crippen LogP contribution in [0.25, 0.3) is 0 Å². The Morgan fingerprint density at radius 2 is 1.97 bits per heavy atom. The molecule has 37 heavy (non-hydrogen) atoms. The SMILES string of the molecule is CCn1nc(C)c(CNC(=O)CCC[C@@H]2[C@H]3CCCN4CCC[C@@H](CN2C(=O)c2cccnc2)[C@@H]34)c1C. The van der Waals surface area contributed by atoms with Gasteiger partial charge in [-0.05, 0) is 96.4 Å². The quantitative estimate of drug-likeness (QED) is 0.590. The number of likely N-dealkylation sites (tertiary alicyclic amines) is 1. The summed E-state index contributed by atoms with van der Waals surface area (Å²) in [7, 11) is 0. The van der Waals surface area contributed by atoms with Gasteiger partial charge in [-0.15, -0.1) is 0 Å². The molecule has 0 unspecified atom stereocenters. The number of amides is 2. The van der Waals surface area contributed by atoms with E-state index in [1.807, 2.05) is 23.7 Å². The molecule has 0 aliphatic carbocycles. The number of hydrogen-bond acceptors (Lipinski definition) is 5. The molecular weight excluding hydrogens is 464 g/mol. The van der Waals surface area contributed by atoms with Crippen molar-refractivity contribution in [1.29, 1.82) is 0 Å². The number of aromatic nitrogens is 3. The van der Waals surface area contributed by atoms with Crippen LogP contribution in [-0.2, 0) is 17.9 Å². The van der Waals surface area contributed by atoms with Gasteiger partial charge in [-0.1, -0.05) is 0 Å². The number of hydrogen-bond donors (Lipinski definition) is 1. The second-order valence-corrected chi connectivity index (χ2v) is 11.1. The Hall–Kier alpha value is -2.74. The molecule has 2 aromatic heterocycles. The number of pyridine rings is 1. The molecule has 8 nitrogen and oxygen atoms in total. The van der Waals surface area contributed by atoms with E-state index in [1.165, 1.54) is 38.8 Å². The van der Waals surface area contributed by atoms with Crippen LogP contribution in [0, 0.1) is 25.7 Å². The zero-order chi connectivity index (χ0) is 25.9. The van der Waals surface area contributed by atoms with Gasteiger partial charge < -0.3 is 10.2 Å². The highest BCUT2D eigenvalue weighted by molar-refractivity contribution is 5.94. The summed E-state index contributed by atoms with van der Waals surface area (Å²) >= 11 is 0. The maximum atomic E-state index is 13.7. The summed E-state index contributed by atoms with van der Waals surface area (Å²) in [5, 5.41) is 7.68. The Labute approximate surface area is 220 Å². The van der Waals surface area contributed by atoms with E-state index in [1.54, 1.807) is 12.4 Å². The van der Waals surface area contributed by atoms with Crippen LogP contribution in [-0.4, -0.2) is 68.1 Å². The van der Waals surface area contributed by atoms with Gasteiger partial charge in [-0.3, -0.25) is 24.2 Å². The van der Waals surface area contributed by atoms with Gasteiger partial charge in [0.15, 0.2) is 0 Å². The normalized spacial score (nSPS) is 25.5. The maximum Gasteiger partial charge on any atom is 0.255 e. The average Bonchev–Trinajstić information content (AvgIpc) is 3.20. The molecule has 200 valence electrons. The van der Waals surface area contributed by atoms with Gasteiger partial charge in [0.05, 0.1) is 11.3 Å². The van der Waals surface area contributed by atoms with E-state index in [0.29, 0.717) is 36.4 Å². The second-order valence-electron chi connectivity index (χ2n) is 11.1. The molecule has 3 aliphatic rings. The van der Waals surface area contributed by atoms with Crippen molar-refractivity contribution in [2.75, 3.05) is 19.6 Å². The van der Waals surface area contributed by atoms with Crippen LogP contribution in [0.3, 0.4) is 0 Å². The van der Waals surface area contributed by atoms with E-state index in [0.717, 1.165) is 42.9 Å². The first kappa shape index (κ1) is 25.9. The summed E-state index contributed by atoms with van der Waals surface area (Å²) < 4.78 is 1.99. The van der Waals surface area contributed by atoms with Crippen LogP contribution in [0.1, 0.15) is 79.2 Å². The highest BCUT2D eigenvalue weighted by Gasteiger charge is 2.49. The van der Waals surface area contributed by atoms with Crippen molar-refractivity contribution in [3.63, 3.8) is 0 Å². The van der Waals surface area contributed by atoms with E-state index < -0.39 is 0 Å². The number of piperidine rings is 3. The Balaban J connectivity index is 1.25. The Morgan fingerprint density at radius 3 is 2.70 bits per heavy atom. The fraction of sp³-hybridized carbons (Fsp3) is 0.655. The molecule has 5 heterocycles. The predicted octanol–water partition coefficient (Wildman–Crippen LogP) is 3.72. The van der Waals surface area contributed by atoms with Crippen molar-refractivity contribution < 1.29 is 9.59 Å². The minimum absolute atomic E-state index is 0.0739. The fourth-order valence-corrected chi connectivity index (χ4v) is 7.30. The molecule has 0 saturated carbocycles. The Morgan fingerprint density at radius 1 is 1.16 bits per heavy atom. The molecule has 3 fully saturated rings. The number of aryl methyl sites for hydroxylation is 2. The summed E-state index contributed by atoms with van der Waals surface area (Å²) in [5.41, 5.74) is 3.89. The molecular formula is C29H42N6O2. The summed E-state index contributed by atoms with van der Waals surface area (Å²) in [6, 6.07) is 4.48. The highest BCUT2D eigenvalue weighted by atomic mass is 16.2. The molecule has 2 aromatic rings. The van der Waals surface area contributed by atoms with Crippen molar-refractivity contribution in [3.8, 4) is 0 Å². The molecule has 3 aliphatic heterocycles. The summed E-state index contributed by atoms with van der Waals surface area (Å²) in [4.78, 5) is 35.5. The van der Waals surface area contributed by atoms with Crippen LogP contribution in [0.2, 0.25) is 0 Å². The summed E-state index contributed by atoms with van der Waals surface area (Å²) in [5.74, 6) is 1.21.